The highest BCUT2D eigenvalue weighted by molar-refractivity contribution is 5.91. The SMILES string of the molecule is CN(C)c1ccc(NC(=O)COCC(=O)O)cn1. The van der Waals surface area contributed by atoms with E-state index in [0.717, 1.165) is 5.82 Å². The first kappa shape index (κ1) is 13.9. The molecule has 0 spiro atoms. The van der Waals surface area contributed by atoms with E-state index in [0.29, 0.717) is 5.69 Å². The lowest BCUT2D eigenvalue weighted by Gasteiger charge is -2.11. The molecule has 7 heteroatoms. The van der Waals surface area contributed by atoms with E-state index in [1.165, 1.54) is 6.20 Å². The van der Waals surface area contributed by atoms with Gasteiger partial charge in [-0.3, -0.25) is 4.79 Å². The fraction of sp³-hybridized carbons (Fsp3) is 0.364. The van der Waals surface area contributed by atoms with Crippen LogP contribution in [0.1, 0.15) is 0 Å². The van der Waals surface area contributed by atoms with E-state index in [9.17, 15) is 9.59 Å². The Morgan fingerprint density at radius 3 is 2.61 bits per heavy atom. The molecule has 7 nitrogen and oxygen atoms in total. The molecule has 98 valence electrons. The number of carboxylic acids is 1. The van der Waals surface area contributed by atoms with E-state index in [-0.39, 0.29) is 6.61 Å². The fourth-order valence-corrected chi connectivity index (χ4v) is 1.15. The Balaban J connectivity index is 2.42. The Morgan fingerprint density at radius 1 is 1.39 bits per heavy atom. The summed E-state index contributed by atoms with van der Waals surface area (Å²) in [6.45, 7) is -0.799. The highest BCUT2D eigenvalue weighted by Crippen LogP contribution is 2.11. The number of carboxylic acid groups (broad SMARTS) is 1. The van der Waals surface area contributed by atoms with Crippen molar-refractivity contribution in [1.82, 2.24) is 4.98 Å². The molecule has 0 aromatic carbocycles. The van der Waals surface area contributed by atoms with Crippen LogP contribution in [0.5, 0.6) is 0 Å². The molecular weight excluding hydrogens is 238 g/mol. The number of carbonyl (C=O) groups is 2. The fourth-order valence-electron chi connectivity index (χ4n) is 1.15. The van der Waals surface area contributed by atoms with Crippen molar-refractivity contribution >= 4 is 23.4 Å². The molecule has 0 bridgehead atoms. The van der Waals surface area contributed by atoms with Crippen molar-refractivity contribution in [2.24, 2.45) is 0 Å². The summed E-state index contributed by atoms with van der Waals surface area (Å²) in [4.78, 5) is 27.5. The predicted molar refractivity (Wildman–Crippen MR) is 65.6 cm³/mol. The quantitative estimate of drug-likeness (QED) is 0.751. The zero-order chi connectivity index (χ0) is 13.5. The molecule has 0 saturated heterocycles. The van der Waals surface area contributed by atoms with Crippen LogP contribution in [0.25, 0.3) is 0 Å². The van der Waals surface area contributed by atoms with Gasteiger partial charge in [0, 0.05) is 14.1 Å². The second-order valence-corrected chi connectivity index (χ2v) is 3.73. The first-order chi connectivity index (χ1) is 8.49. The van der Waals surface area contributed by atoms with Crippen molar-refractivity contribution in [2.45, 2.75) is 0 Å². The summed E-state index contributed by atoms with van der Waals surface area (Å²) in [7, 11) is 3.72. The van der Waals surface area contributed by atoms with Gasteiger partial charge in [-0.15, -0.1) is 0 Å². The number of hydrogen-bond donors (Lipinski definition) is 2. The van der Waals surface area contributed by atoms with Crippen LogP contribution in [-0.2, 0) is 14.3 Å². The summed E-state index contributed by atoms with van der Waals surface area (Å²) in [6, 6.07) is 3.46. The summed E-state index contributed by atoms with van der Waals surface area (Å²) in [5.41, 5.74) is 0.532. The van der Waals surface area contributed by atoms with Crippen molar-refractivity contribution in [3.8, 4) is 0 Å². The maximum absolute atomic E-state index is 11.3. The Hall–Kier alpha value is -2.15. The zero-order valence-electron chi connectivity index (χ0n) is 10.2. The van der Waals surface area contributed by atoms with E-state index in [1.54, 1.807) is 12.1 Å². The number of anilines is 2. The minimum atomic E-state index is -1.11. The molecule has 0 aliphatic carbocycles. The van der Waals surface area contributed by atoms with Crippen molar-refractivity contribution in [1.29, 1.82) is 0 Å². The van der Waals surface area contributed by atoms with Crippen LogP contribution < -0.4 is 10.2 Å². The number of ether oxygens (including phenoxy) is 1. The molecule has 0 saturated carbocycles. The lowest BCUT2D eigenvalue weighted by molar-refractivity contribution is -0.143. The number of rotatable bonds is 6. The maximum atomic E-state index is 11.3. The van der Waals surface area contributed by atoms with E-state index >= 15 is 0 Å². The highest BCUT2D eigenvalue weighted by Gasteiger charge is 2.05. The molecule has 2 N–H and O–H groups in total. The first-order valence-electron chi connectivity index (χ1n) is 5.22. The van der Waals surface area contributed by atoms with Gasteiger partial charge in [0.1, 0.15) is 19.0 Å². The molecule has 1 aromatic rings. The number of nitrogens with zero attached hydrogens (tertiary/aromatic N) is 2. The van der Waals surface area contributed by atoms with Crippen molar-refractivity contribution in [3.63, 3.8) is 0 Å². The van der Waals surface area contributed by atoms with Gasteiger partial charge in [0.25, 0.3) is 0 Å². The minimum Gasteiger partial charge on any atom is -0.480 e. The van der Waals surface area contributed by atoms with E-state index in [4.69, 9.17) is 5.11 Å². The molecule has 1 amide bonds. The Bertz CT molecular complexity index is 417. The average molecular weight is 253 g/mol. The third-order valence-electron chi connectivity index (χ3n) is 1.95. The third-order valence-corrected chi connectivity index (χ3v) is 1.95. The summed E-state index contributed by atoms with van der Waals surface area (Å²) in [6.07, 6.45) is 1.52. The summed E-state index contributed by atoms with van der Waals surface area (Å²) in [5.74, 6) is -0.759. The van der Waals surface area contributed by atoms with Gasteiger partial charge in [-0.05, 0) is 12.1 Å². The maximum Gasteiger partial charge on any atom is 0.329 e. The topological polar surface area (TPSA) is 91.8 Å². The van der Waals surface area contributed by atoms with E-state index < -0.39 is 18.5 Å². The molecule has 0 aliphatic heterocycles. The van der Waals surface area contributed by atoms with Crippen LogP contribution in [0, 0.1) is 0 Å². The van der Waals surface area contributed by atoms with Crippen LogP contribution in [-0.4, -0.2) is 49.3 Å². The van der Waals surface area contributed by atoms with Gasteiger partial charge in [0.15, 0.2) is 0 Å². The largest absolute Gasteiger partial charge is 0.480 e. The Labute approximate surface area is 104 Å². The van der Waals surface area contributed by atoms with Gasteiger partial charge < -0.3 is 20.1 Å². The Kier molecular flexibility index (Phi) is 5.06. The molecule has 1 heterocycles. The van der Waals surface area contributed by atoms with E-state index in [2.05, 4.69) is 15.0 Å². The lowest BCUT2D eigenvalue weighted by Crippen LogP contribution is -2.21. The van der Waals surface area contributed by atoms with Crippen molar-refractivity contribution < 1.29 is 19.4 Å². The van der Waals surface area contributed by atoms with Crippen LogP contribution in [0.15, 0.2) is 18.3 Å². The van der Waals surface area contributed by atoms with Crippen molar-refractivity contribution in [2.75, 3.05) is 37.5 Å². The number of aliphatic carboxylic acids is 1. The van der Waals surface area contributed by atoms with Crippen LogP contribution >= 0.6 is 0 Å². The van der Waals surface area contributed by atoms with Gasteiger partial charge in [-0.2, -0.15) is 0 Å². The molecule has 0 unspecified atom stereocenters. The second kappa shape index (κ2) is 6.55. The number of hydrogen-bond acceptors (Lipinski definition) is 5. The number of amides is 1. The number of pyridine rings is 1. The highest BCUT2D eigenvalue weighted by atomic mass is 16.5. The Morgan fingerprint density at radius 2 is 2.11 bits per heavy atom. The molecule has 0 radical (unpaired) electrons. The predicted octanol–water partition coefficient (Wildman–Crippen LogP) is 0.187. The first-order valence-corrected chi connectivity index (χ1v) is 5.22. The summed E-state index contributed by atoms with van der Waals surface area (Å²) in [5, 5.41) is 10.9. The number of nitrogens with one attached hydrogen (secondary N) is 1. The lowest BCUT2D eigenvalue weighted by atomic mass is 10.4. The molecular formula is C11H15N3O4. The van der Waals surface area contributed by atoms with Gasteiger partial charge in [-0.25, -0.2) is 9.78 Å². The van der Waals surface area contributed by atoms with Gasteiger partial charge in [0.05, 0.1) is 11.9 Å². The second-order valence-electron chi connectivity index (χ2n) is 3.73. The number of aromatic nitrogens is 1. The molecule has 0 aliphatic rings. The molecule has 18 heavy (non-hydrogen) atoms. The summed E-state index contributed by atoms with van der Waals surface area (Å²) < 4.78 is 4.65. The smallest absolute Gasteiger partial charge is 0.329 e. The molecule has 1 aromatic heterocycles. The van der Waals surface area contributed by atoms with Gasteiger partial charge in [0.2, 0.25) is 5.91 Å². The van der Waals surface area contributed by atoms with E-state index in [1.807, 2.05) is 19.0 Å². The van der Waals surface area contributed by atoms with Crippen molar-refractivity contribution in [3.05, 3.63) is 18.3 Å². The van der Waals surface area contributed by atoms with Crippen LogP contribution in [0.2, 0.25) is 0 Å². The summed E-state index contributed by atoms with van der Waals surface area (Å²) >= 11 is 0. The third kappa shape index (κ3) is 4.79. The normalized spacial score (nSPS) is 9.89. The zero-order valence-corrected chi connectivity index (χ0v) is 10.2. The standard InChI is InChI=1S/C11H15N3O4/c1-14(2)9-4-3-8(5-12-9)13-10(15)6-18-7-11(16)17/h3-5H,6-7H2,1-2H3,(H,13,15)(H,16,17). The molecule has 0 fully saturated rings. The monoisotopic (exact) mass is 253 g/mol. The van der Waals surface area contributed by atoms with Gasteiger partial charge >= 0.3 is 5.97 Å². The molecule has 1 rings (SSSR count). The number of carbonyl (C=O) groups excluding carboxylic acids is 1. The van der Waals surface area contributed by atoms with Gasteiger partial charge in [-0.1, -0.05) is 0 Å². The van der Waals surface area contributed by atoms with Crippen LogP contribution in [0.4, 0.5) is 11.5 Å². The van der Waals surface area contributed by atoms with Crippen LogP contribution in [0.3, 0.4) is 0 Å². The minimum absolute atomic E-state index is 0.304. The molecule has 0 atom stereocenters. The average Bonchev–Trinajstić information content (AvgIpc) is 2.29.